The van der Waals surface area contributed by atoms with Crippen LogP contribution in [-0.2, 0) is 7.05 Å². The van der Waals surface area contributed by atoms with Crippen molar-refractivity contribution in [2.45, 2.75) is 0 Å². The van der Waals surface area contributed by atoms with Gasteiger partial charge in [-0.1, -0.05) is 16.8 Å². The van der Waals surface area contributed by atoms with Crippen LogP contribution in [0.1, 0.15) is 10.5 Å². The fourth-order valence-corrected chi connectivity index (χ4v) is 1.42. The van der Waals surface area contributed by atoms with Crippen LogP contribution in [0.4, 0.5) is 0 Å². The number of nitrogens with zero attached hydrogens (tertiary/aromatic N) is 3. The lowest BCUT2D eigenvalue weighted by Gasteiger charge is -2.04. The van der Waals surface area contributed by atoms with Crippen molar-refractivity contribution in [3.63, 3.8) is 0 Å². The molecular formula is C11H10ClN3O2. The zero-order valence-corrected chi connectivity index (χ0v) is 9.89. The molecule has 0 N–H and O–H groups in total. The number of ketones is 1. The second-order valence-electron chi connectivity index (χ2n) is 3.41. The van der Waals surface area contributed by atoms with Gasteiger partial charge in [0.1, 0.15) is 11.4 Å². The molecule has 17 heavy (non-hydrogen) atoms. The lowest BCUT2D eigenvalue weighted by Crippen LogP contribution is -2.15. The van der Waals surface area contributed by atoms with E-state index < -0.39 is 0 Å². The number of halogens is 1. The maximum atomic E-state index is 11.7. The van der Waals surface area contributed by atoms with Crippen molar-refractivity contribution in [2.75, 3.05) is 6.61 Å². The normalized spacial score (nSPS) is 10.2. The molecule has 0 radical (unpaired) electrons. The Labute approximate surface area is 103 Å². The van der Waals surface area contributed by atoms with E-state index in [4.69, 9.17) is 16.3 Å². The lowest BCUT2D eigenvalue weighted by atomic mass is 10.3. The van der Waals surface area contributed by atoms with Crippen molar-refractivity contribution in [2.24, 2.45) is 7.05 Å². The molecule has 0 bridgehead atoms. The standard InChI is InChI=1S/C11H10ClN3O2/c1-15-10(6-13-14-15)11(16)7-17-9-4-2-8(12)3-5-9/h2-6H,7H2,1H3. The van der Waals surface area contributed by atoms with Crippen molar-refractivity contribution in [1.29, 1.82) is 0 Å². The van der Waals surface area contributed by atoms with Gasteiger partial charge < -0.3 is 4.74 Å². The predicted octanol–water partition coefficient (Wildman–Crippen LogP) is 1.73. The minimum absolute atomic E-state index is 0.0527. The second-order valence-corrected chi connectivity index (χ2v) is 3.85. The van der Waals surface area contributed by atoms with Crippen molar-refractivity contribution >= 4 is 17.4 Å². The van der Waals surface area contributed by atoms with Crippen LogP contribution in [0.2, 0.25) is 5.02 Å². The summed E-state index contributed by atoms with van der Waals surface area (Å²) in [6, 6.07) is 6.81. The molecule has 1 heterocycles. The highest BCUT2D eigenvalue weighted by Crippen LogP contribution is 2.15. The highest BCUT2D eigenvalue weighted by molar-refractivity contribution is 6.30. The van der Waals surface area contributed by atoms with Crippen LogP contribution in [0, 0.1) is 0 Å². The third-order valence-corrected chi connectivity index (χ3v) is 2.44. The first-order valence-electron chi connectivity index (χ1n) is 4.93. The number of ether oxygens (including phenoxy) is 1. The average Bonchev–Trinajstić information content (AvgIpc) is 2.74. The zero-order chi connectivity index (χ0) is 12.3. The van der Waals surface area contributed by atoms with Gasteiger partial charge in [0.05, 0.1) is 6.20 Å². The summed E-state index contributed by atoms with van der Waals surface area (Å²) in [5, 5.41) is 7.93. The summed E-state index contributed by atoms with van der Waals surface area (Å²) in [4.78, 5) is 11.7. The van der Waals surface area contributed by atoms with Gasteiger partial charge in [0, 0.05) is 12.1 Å². The number of rotatable bonds is 4. The third kappa shape index (κ3) is 2.82. The number of aryl methyl sites for hydroxylation is 1. The van der Waals surface area contributed by atoms with E-state index in [-0.39, 0.29) is 12.4 Å². The quantitative estimate of drug-likeness (QED) is 0.777. The Kier molecular flexibility index (Phi) is 3.39. The second kappa shape index (κ2) is 4.97. The van der Waals surface area contributed by atoms with Crippen molar-refractivity contribution in [3.05, 3.63) is 41.2 Å². The van der Waals surface area contributed by atoms with E-state index in [0.29, 0.717) is 16.5 Å². The molecule has 88 valence electrons. The van der Waals surface area contributed by atoms with E-state index in [1.54, 1.807) is 31.3 Å². The first-order chi connectivity index (χ1) is 8.16. The molecule has 1 aromatic carbocycles. The van der Waals surface area contributed by atoms with Gasteiger partial charge in [-0.3, -0.25) is 4.79 Å². The number of benzene rings is 1. The van der Waals surface area contributed by atoms with Crippen LogP contribution >= 0.6 is 11.6 Å². The molecule has 6 heteroatoms. The van der Waals surface area contributed by atoms with Crippen LogP contribution in [0.3, 0.4) is 0 Å². The maximum absolute atomic E-state index is 11.7. The average molecular weight is 252 g/mol. The van der Waals surface area contributed by atoms with E-state index in [9.17, 15) is 4.79 Å². The number of Topliss-reactive ketones (excluding diaryl/α,β-unsaturated/α-hetero) is 1. The highest BCUT2D eigenvalue weighted by atomic mass is 35.5. The lowest BCUT2D eigenvalue weighted by molar-refractivity contribution is 0.0912. The predicted molar refractivity (Wildman–Crippen MR) is 62.3 cm³/mol. The number of aromatic nitrogens is 3. The Morgan fingerprint density at radius 2 is 2.12 bits per heavy atom. The molecule has 2 rings (SSSR count). The Hall–Kier alpha value is -1.88. The summed E-state index contributed by atoms with van der Waals surface area (Å²) < 4.78 is 6.73. The number of carbonyl (C=O) groups excluding carboxylic acids is 1. The number of carbonyl (C=O) groups is 1. The van der Waals surface area contributed by atoms with Crippen molar-refractivity contribution < 1.29 is 9.53 Å². The van der Waals surface area contributed by atoms with Gasteiger partial charge in [0.2, 0.25) is 5.78 Å². The van der Waals surface area contributed by atoms with E-state index in [1.807, 2.05) is 0 Å². The van der Waals surface area contributed by atoms with Crippen LogP contribution in [-0.4, -0.2) is 27.4 Å². The van der Waals surface area contributed by atoms with Crippen LogP contribution < -0.4 is 4.74 Å². The Morgan fingerprint density at radius 1 is 1.41 bits per heavy atom. The van der Waals surface area contributed by atoms with E-state index in [2.05, 4.69) is 10.3 Å². The molecule has 0 atom stereocenters. The molecule has 0 aliphatic heterocycles. The Morgan fingerprint density at radius 3 is 2.71 bits per heavy atom. The van der Waals surface area contributed by atoms with Gasteiger partial charge in [-0.2, -0.15) is 0 Å². The molecule has 0 fully saturated rings. The molecule has 2 aromatic rings. The molecule has 0 unspecified atom stereocenters. The summed E-state index contributed by atoms with van der Waals surface area (Å²) in [5.74, 6) is 0.422. The van der Waals surface area contributed by atoms with E-state index >= 15 is 0 Å². The topological polar surface area (TPSA) is 57.0 Å². The minimum atomic E-state index is -0.174. The summed E-state index contributed by atoms with van der Waals surface area (Å²) in [6.07, 6.45) is 1.41. The molecule has 5 nitrogen and oxygen atoms in total. The van der Waals surface area contributed by atoms with Gasteiger partial charge in [0.15, 0.2) is 6.61 Å². The smallest absolute Gasteiger partial charge is 0.219 e. The molecule has 0 amide bonds. The fourth-order valence-electron chi connectivity index (χ4n) is 1.30. The molecule has 0 aliphatic rings. The van der Waals surface area contributed by atoms with Gasteiger partial charge in [-0.25, -0.2) is 4.68 Å². The van der Waals surface area contributed by atoms with Crippen LogP contribution in [0.5, 0.6) is 5.75 Å². The third-order valence-electron chi connectivity index (χ3n) is 2.18. The Bertz CT molecular complexity index is 522. The monoisotopic (exact) mass is 251 g/mol. The largest absolute Gasteiger partial charge is 0.485 e. The van der Waals surface area contributed by atoms with E-state index in [1.165, 1.54) is 10.9 Å². The van der Waals surface area contributed by atoms with Crippen molar-refractivity contribution in [1.82, 2.24) is 15.0 Å². The first-order valence-corrected chi connectivity index (χ1v) is 5.31. The maximum Gasteiger partial charge on any atom is 0.219 e. The fraction of sp³-hybridized carbons (Fsp3) is 0.182. The minimum Gasteiger partial charge on any atom is -0.485 e. The SMILES string of the molecule is Cn1nncc1C(=O)COc1ccc(Cl)cc1. The van der Waals surface area contributed by atoms with Gasteiger partial charge in [0.25, 0.3) is 0 Å². The summed E-state index contributed by atoms with van der Waals surface area (Å²) in [7, 11) is 1.66. The molecule has 0 aliphatic carbocycles. The summed E-state index contributed by atoms with van der Waals surface area (Å²) in [5.41, 5.74) is 0.416. The summed E-state index contributed by atoms with van der Waals surface area (Å²) >= 11 is 5.73. The molecule has 0 saturated heterocycles. The Balaban J connectivity index is 1.97. The highest BCUT2D eigenvalue weighted by Gasteiger charge is 2.11. The zero-order valence-electron chi connectivity index (χ0n) is 9.13. The summed E-state index contributed by atoms with van der Waals surface area (Å²) in [6.45, 7) is -0.0527. The molecule has 0 saturated carbocycles. The molecule has 1 aromatic heterocycles. The van der Waals surface area contributed by atoms with Crippen LogP contribution in [0.25, 0.3) is 0 Å². The van der Waals surface area contributed by atoms with Gasteiger partial charge in [-0.15, -0.1) is 5.10 Å². The number of hydrogen-bond donors (Lipinski definition) is 0. The van der Waals surface area contributed by atoms with E-state index in [0.717, 1.165) is 0 Å². The van der Waals surface area contributed by atoms with Gasteiger partial charge in [-0.05, 0) is 24.3 Å². The first kappa shape index (κ1) is 11.6. The van der Waals surface area contributed by atoms with Crippen LogP contribution in [0.15, 0.2) is 30.5 Å². The molecular weight excluding hydrogens is 242 g/mol. The van der Waals surface area contributed by atoms with Crippen molar-refractivity contribution in [3.8, 4) is 5.75 Å². The molecule has 0 spiro atoms. The number of hydrogen-bond acceptors (Lipinski definition) is 4. The van der Waals surface area contributed by atoms with Gasteiger partial charge >= 0.3 is 0 Å².